The molecular formula is C14H14BrNO5. The van der Waals surface area contributed by atoms with Crippen LogP contribution in [-0.2, 0) is 4.79 Å². The van der Waals surface area contributed by atoms with Crippen LogP contribution in [0.15, 0.2) is 16.6 Å². The maximum absolute atomic E-state index is 12.4. The van der Waals surface area contributed by atoms with E-state index in [4.69, 9.17) is 14.6 Å². The number of aliphatic carboxylic acids is 1. The molecule has 0 aromatic heterocycles. The van der Waals surface area contributed by atoms with Gasteiger partial charge in [-0.3, -0.25) is 9.59 Å². The molecule has 0 unspecified atom stereocenters. The van der Waals surface area contributed by atoms with Gasteiger partial charge in [-0.05, 0) is 47.3 Å². The van der Waals surface area contributed by atoms with Gasteiger partial charge in [0.05, 0.1) is 16.4 Å². The van der Waals surface area contributed by atoms with Gasteiger partial charge >= 0.3 is 5.97 Å². The Hall–Kier alpha value is -1.76. The molecule has 0 bridgehead atoms. The number of carbonyl (C=O) groups is 2. The number of benzene rings is 1. The number of nitrogens with one attached hydrogen (secondary N) is 1. The summed E-state index contributed by atoms with van der Waals surface area (Å²) in [5.41, 5.74) is -0.200. The molecule has 1 aromatic carbocycles. The molecule has 1 saturated carbocycles. The van der Waals surface area contributed by atoms with E-state index in [9.17, 15) is 9.59 Å². The number of fused-ring (bicyclic) bond motifs is 1. The number of hydrogen-bond acceptors (Lipinski definition) is 4. The van der Waals surface area contributed by atoms with Crippen molar-refractivity contribution in [2.24, 2.45) is 0 Å². The van der Waals surface area contributed by atoms with E-state index in [1.54, 1.807) is 12.1 Å². The molecule has 1 aromatic rings. The molecule has 1 fully saturated rings. The standard InChI is InChI=1S/C14H14BrNO5/c15-9-4-8(5-10-12(9)21-7-20-10)13(19)16-14(2-1-3-14)6-11(17)18/h4-5H,1-3,6-7H2,(H,16,19)(H,17,18). The van der Waals surface area contributed by atoms with E-state index in [0.717, 1.165) is 6.42 Å². The normalized spacial score (nSPS) is 18.0. The third kappa shape index (κ3) is 2.70. The average Bonchev–Trinajstić information content (AvgIpc) is 2.84. The van der Waals surface area contributed by atoms with Gasteiger partial charge in [-0.1, -0.05) is 0 Å². The Morgan fingerprint density at radius 3 is 2.71 bits per heavy atom. The number of carboxylic acids is 1. The summed E-state index contributed by atoms with van der Waals surface area (Å²) in [4.78, 5) is 23.3. The third-order valence-corrected chi connectivity index (χ3v) is 4.46. The van der Waals surface area contributed by atoms with Crippen LogP contribution < -0.4 is 14.8 Å². The highest BCUT2D eigenvalue weighted by molar-refractivity contribution is 9.10. The van der Waals surface area contributed by atoms with Gasteiger partial charge in [0.25, 0.3) is 5.91 Å². The minimum Gasteiger partial charge on any atom is -0.481 e. The van der Waals surface area contributed by atoms with Crippen LogP contribution in [-0.4, -0.2) is 29.3 Å². The quantitative estimate of drug-likeness (QED) is 0.865. The largest absolute Gasteiger partial charge is 0.481 e. The van der Waals surface area contributed by atoms with Crippen LogP contribution in [0.3, 0.4) is 0 Å². The van der Waals surface area contributed by atoms with Crippen molar-refractivity contribution in [3.63, 3.8) is 0 Å². The summed E-state index contributed by atoms with van der Waals surface area (Å²) in [5, 5.41) is 11.8. The Balaban J connectivity index is 1.79. The highest BCUT2D eigenvalue weighted by Crippen LogP contribution is 2.40. The first-order valence-electron chi connectivity index (χ1n) is 6.63. The molecule has 0 atom stereocenters. The Morgan fingerprint density at radius 1 is 1.33 bits per heavy atom. The van der Waals surface area contributed by atoms with Crippen LogP contribution in [0, 0.1) is 0 Å². The zero-order chi connectivity index (χ0) is 15.0. The van der Waals surface area contributed by atoms with Crippen molar-refractivity contribution in [2.75, 3.05) is 6.79 Å². The van der Waals surface area contributed by atoms with Gasteiger partial charge in [0.2, 0.25) is 6.79 Å². The van der Waals surface area contributed by atoms with Crippen molar-refractivity contribution in [2.45, 2.75) is 31.2 Å². The van der Waals surface area contributed by atoms with Gasteiger partial charge in [0, 0.05) is 5.56 Å². The second-order valence-corrected chi connectivity index (χ2v) is 6.20. The molecule has 6 nitrogen and oxygen atoms in total. The van der Waals surface area contributed by atoms with E-state index in [1.807, 2.05) is 0 Å². The van der Waals surface area contributed by atoms with Crippen molar-refractivity contribution in [3.05, 3.63) is 22.2 Å². The summed E-state index contributed by atoms with van der Waals surface area (Å²) in [6, 6.07) is 3.26. The van der Waals surface area contributed by atoms with E-state index in [0.29, 0.717) is 34.4 Å². The van der Waals surface area contributed by atoms with Crippen molar-refractivity contribution >= 4 is 27.8 Å². The number of carboxylic acid groups (broad SMARTS) is 1. The predicted octanol–water partition coefficient (Wildman–Crippen LogP) is 2.30. The molecule has 112 valence electrons. The number of halogens is 1. The zero-order valence-electron chi connectivity index (χ0n) is 11.1. The van der Waals surface area contributed by atoms with E-state index in [2.05, 4.69) is 21.2 Å². The molecule has 0 saturated heterocycles. The van der Waals surface area contributed by atoms with Crippen molar-refractivity contribution in [1.82, 2.24) is 5.32 Å². The van der Waals surface area contributed by atoms with E-state index in [1.165, 1.54) is 0 Å². The molecule has 0 radical (unpaired) electrons. The highest BCUT2D eigenvalue weighted by Gasteiger charge is 2.40. The summed E-state index contributed by atoms with van der Waals surface area (Å²) in [6.07, 6.45) is 2.26. The molecule has 3 rings (SSSR count). The maximum atomic E-state index is 12.4. The second-order valence-electron chi connectivity index (χ2n) is 5.35. The van der Waals surface area contributed by atoms with Gasteiger partial charge < -0.3 is 19.9 Å². The molecule has 21 heavy (non-hydrogen) atoms. The van der Waals surface area contributed by atoms with Crippen LogP contribution in [0.1, 0.15) is 36.0 Å². The summed E-state index contributed by atoms with van der Waals surface area (Å²) in [6.45, 7) is 0.127. The number of hydrogen-bond donors (Lipinski definition) is 2. The topological polar surface area (TPSA) is 84.9 Å². The van der Waals surface area contributed by atoms with Crippen molar-refractivity contribution in [3.8, 4) is 11.5 Å². The predicted molar refractivity (Wildman–Crippen MR) is 76.6 cm³/mol. The van der Waals surface area contributed by atoms with E-state index in [-0.39, 0.29) is 19.1 Å². The van der Waals surface area contributed by atoms with Crippen molar-refractivity contribution < 1.29 is 24.2 Å². The van der Waals surface area contributed by atoms with Crippen LogP contribution in [0.2, 0.25) is 0 Å². The van der Waals surface area contributed by atoms with Crippen LogP contribution in [0.4, 0.5) is 0 Å². The fourth-order valence-electron chi connectivity index (χ4n) is 2.65. The first kappa shape index (κ1) is 14.2. The third-order valence-electron chi connectivity index (χ3n) is 3.87. The molecule has 0 spiro atoms. The summed E-state index contributed by atoms with van der Waals surface area (Å²) in [5.74, 6) is -0.109. The lowest BCUT2D eigenvalue weighted by Gasteiger charge is -2.41. The molecule has 1 aliphatic heterocycles. The minimum atomic E-state index is -0.901. The molecule has 1 amide bonds. The maximum Gasteiger partial charge on any atom is 0.305 e. The SMILES string of the molecule is O=C(O)CC1(NC(=O)c2cc(Br)c3c(c2)OCO3)CCC1. The first-order valence-corrected chi connectivity index (χ1v) is 7.42. The van der Waals surface area contributed by atoms with Crippen LogP contribution in [0.25, 0.3) is 0 Å². The van der Waals surface area contributed by atoms with Gasteiger partial charge in [-0.15, -0.1) is 0 Å². The second kappa shape index (κ2) is 5.22. The summed E-state index contributed by atoms with van der Waals surface area (Å²) < 4.78 is 11.2. The van der Waals surface area contributed by atoms with Gasteiger partial charge in [-0.2, -0.15) is 0 Å². The molecular weight excluding hydrogens is 342 g/mol. The highest BCUT2D eigenvalue weighted by atomic mass is 79.9. The fourth-order valence-corrected chi connectivity index (χ4v) is 3.21. The summed E-state index contributed by atoms with van der Waals surface area (Å²) in [7, 11) is 0. The smallest absolute Gasteiger partial charge is 0.305 e. The van der Waals surface area contributed by atoms with Gasteiger partial charge in [0.1, 0.15) is 0 Å². The van der Waals surface area contributed by atoms with Crippen LogP contribution in [0.5, 0.6) is 11.5 Å². The van der Waals surface area contributed by atoms with Crippen LogP contribution >= 0.6 is 15.9 Å². The van der Waals surface area contributed by atoms with Crippen molar-refractivity contribution in [1.29, 1.82) is 0 Å². The Morgan fingerprint density at radius 2 is 2.10 bits per heavy atom. The minimum absolute atomic E-state index is 0.0511. The molecule has 1 aliphatic carbocycles. The molecule has 7 heteroatoms. The average molecular weight is 356 g/mol. The van der Waals surface area contributed by atoms with Gasteiger partial charge in [-0.25, -0.2) is 0 Å². The van der Waals surface area contributed by atoms with Gasteiger partial charge in [0.15, 0.2) is 11.5 Å². The van der Waals surface area contributed by atoms with E-state index >= 15 is 0 Å². The molecule has 1 heterocycles. The molecule has 2 aliphatic rings. The Kier molecular flexibility index (Phi) is 3.52. The number of rotatable bonds is 4. The number of carbonyl (C=O) groups excluding carboxylic acids is 1. The van der Waals surface area contributed by atoms with E-state index < -0.39 is 11.5 Å². The lowest BCUT2D eigenvalue weighted by Crippen LogP contribution is -2.54. The number of ether oxygens (including phenoxy) is 2. The molecule has 2 N–H and O–H groups in total. The lowest BCUT2D eigenvalue weighted by atomic mass is 9.74. The first-order chi connectivity index (χ1) is 9.99. The lowest BCUT2D eigenvalue weighted by molar-refractivity contribution is -0.139. The fraction of sp³-hybridized carbons (Fsp3) is 0.429. The Labute approximate surface area is 129 Å². The Bertz CT molecular complexity index is 612. The monoisotopic (exact) mass is 355 g/mol. The number of amides is 1. The summed E-state index contributed by atoms with van der Waals surface area (Å²) >= 11 is 3.34. The zero-order valence-corrected chi connectivity index (χ0v) is 12.7.